The molecule has 0 fully saturated rings. The second-order valence-corrected chi connectivity index (χ2v) is 4.30. The maximum atomic E-state index is 12.1. The Bertz CT molecular complexity index is 650. The Kier molecular flexibility index (Phi) is 4.88. The minimum absolute atomic E-state index is 0.184. The van der Waals surface area contributed by atoms with Gasteiger partial charge in [-0.25, -0.2) is 4.79 Å². The molecule has 0 heterocycles. The van der Waals surface area contributed by atoms with Crippen LogP contribution in [0.25, 0.3) is 0 Å². The summed E-state index contributed by atoms with van der Waals surface area (Å²) in [6, 6.07) is 16.1. The standard InChI is InChI=1S/C17H15NO3/c1-2-16(19)18-15-11-7-6-10-14(15)17(20)21-12-13-8-4-3-5-9-13/h2-11H,1,12H2,(H,18,19). The molecule has 0 aromatic heterocycles. The number of carbonyl (C=O) groups excluding carboxylic acids is 2. The van der Waals surface area contributed by atoms with Crippen molar-refractivity contribution >= 4 is 17.6 Å². The van der Waals surface area contributed by atoms with E-state index in [1.807, 2.05) is 30.3 Å². The number of benzene rings is 2. The lowest BCUT2D eigenvalue weighted by Gasteiger charge is -2.10. The van der Waals surface area contributed by atoms with Gasteiger partial charge < -0.3 is 10.1 Å². The van der Waals surface area contributed by atoms with Gasteiger partial charge in [-0.15, -0.1) is 0 Å². The molecule has 0 saturated heterocycles. The average Bonchev–Trinajstić information content (AvgIpc) is 2.54. The van der Waals surface area contributed by atoms with E-state index in [0.29, 0.717) is 11.3 Å². The van der Waals surface area contributed by atoms with Crippen molar-refractivity contribution in [3.05, 3.63) is 78.4 Å². The highest BCUT2D eigenvalue weighted by molar-refractivity contribution is 6.04. The molecule has 0 aliphatic heterocycles. The molecular weight excluding hydrogens is 266 g/mol. The van der Waals surface area contributed by atoms with Crippen molar-refractivity contribution in [3.8, 4) is 0 Å². The van der Waals surface area contributed by atoms with Crippen LogP contribution < -0.4 is 5.32 Å². The van der Waals surface area contributed by atoms with Gasteiger partial charge in [-0.2, -0.15) is 0 Å². The third-order valence-electron chi connectivity index (χ3n) is 2.80. The fourth-order valence-corrected chi connectivity index (χ4v) is 1.75. The SMILES string of the molecule is C=CC(=O)Nc1ccccc1C(=O)OCc1ccccc1. The van der Waals surface area contributed by atoms with Gasteiger partial charge in [0.2, 0.25) is 5.91 Å². The highest BCUT2D eigenvalue weighted by atomic mass is 16.5. The van der Waals surface area contributed by atoms with Crippen LogP contribution in [-0.4, -0.2) is 11.9 Å². The van der Waals surface area contributed by atoms with Crippen LogP contribution in [0.4, 0.5) is 5.69 Å². The summed E-state index contributed by atoms with van der Waals surface area (Å²) in [4.78, 5) is 23.5. The van der Waals surface area contributed by atoms with Gasteiger partial charge >= 0.3 is 5.97 Å². The molecule has 21 heavy (non-hydrogen) atoms. The van der Waals surface area contributed by atoms with Gasteiger partial charge in [0, 0.05) is 0 Å². The van der Waals surface area contributed by atoms with E-state index in [4.69, 9.17) is 4.74 Å². The van der Waals surface area contributed by atoms with Crippen molar-refractivity contribution in [1.29, 1.82) is 0 Å². The number of hydrogen-bond acceptors (Lipinski definition) is 3. The summed E-state index contributed by atoms with van der Waals surface area (Å²) >= 11 is 0. The molecule has 2 aromatic carbocycles. The van der Waals surface area contributed by atoms with Gasteiger partial charge in [0.15, 0.2) is 0 Å². The summed E-state index contributed by atoms with van der Waals surface area (Å²) in [5.41, 5.74) is 1.61. The first kappa shape index (κ1) is 14.5. The van der Waals surface area contributed by atoms with Crippen LogP contribution in [0.5, 0.6) is 0 Å². The quantitative estimate of drug-likeness (QED) is 0.676. The van der Waals surface area contributed by atoms with Crippen LogP contribution in [-0.2, 0) is 16.1 Å². The molecular formula is C17H15NO3. The molecule has 106 valence electrons. The van der Waals surface area contributed by atoms with Crippen LogP contribution in [0.3, 0.4) is 0 Å². The number of carbonyl (C=O) groups is 2. The maximum Gasteiger partial charge on any atom is 0.340 e. The number of nitrogens with one attached hydrogen (secondary N) is 1. The molecule has 0 atom stereocenters. The van der Waals surface area contributed by atoms with E-state index < -0.39 is 5.97 Å². The van der Waals surface area contributed by atoms with Crippen LogP contribution >= 0.6 is 0 Å². The summed E-state index contributed by atoms with van der Waals surface area (Å²) in [7, 11) is 0. The number of amides is 1. The number of esters is 1. The summed E-state index contributed by atoms with van der Waals surface area (Å²) < 4.78 is 5.25. The van der Waals surface area contributed by atoms with Crippen molar-refractivity contribution in [2.24, 2.45) is 0 Å². The van der Waals surface area contributed by atoms with Gasteiger partial charge in [-0.05, 0) is 23.8 Å². The molecule has 0 aliphatic carbocycles. The van der Waals surface area contributed by atoms with Gasteiger partial charge in [0.05, 0.1) is 11.3 Å². The number of rotatable bonds is 5. The predicted octanol–water partition coefficient (Wildman–Crippen LogP) is 3.17. The van der Waals surface area contributed by atoms with Gasteiger partial charge in [-0.3, -0.25) is 4.79 Å². The van der Waals surface area contributed by atoms with Crippen molar-refractivity contribution in [2.45, 2.75) is 6.61 Å². The largest absolute Gasteiger partial charge is 0.457 e. The number of ether oxygens (including phenoxy) is 1. The number of hydrogen-bond donors (Lipinski definition) is 1. The van der Waals surface area contributed by atoms with E-state index in [2.05, 4.69) is 11.9 Å². The first-order valence-electron chi connectivity index (χ1n) is 6.44. The number of para-hydroxylation sites is 1. The van der Waals surface area contributed by atoms with E-state index in [-0.39, 0.29) is 12.5 Å². The Morgan fingerprint density at radius 1 is 1.05 bits per heavy atom. The summed E-state index contributed by atoms with van der Waals surface area (Å²) in [6.07, 6.45) is 1.14. The fraction of sp³-hybridized carbons (Fsp3) is 0.0588. The first-order valence-corrected chi connectivity index (χ1v) is 6.44. The Balaban J connectivity index is 2.08. The van der Waals surface area contributed by atoms with Gasteiger partial charge in [0.1, 0.15) is 6.61 Å². The molecule has 1 amide bonds. The Hall–Kier alpha value is -2.88. The predicted molar refractivity (Wildman–Crippen MR) is 80.8 cm³/mol. The second-order valence-electron chi connectivity index (χ2n) is 4.30. The van der Waals surface area contributed by atoms with E-state index in [0.717, 1.165) is 11.6 Å². The molecule has 2 aromatic rings. The van der Waals surface area contributed by atoms with E-state index in [9.17, 15) is 9.59 Å². The number of anilines is 1. The third kappa shape index (κ3) is 4.04. The summed E-state index contributed by atoms with van der Waals surface area (Å²) in [5.74, 6) is -0.864. The third-order valence-corrected chi connectivity index (χ3v) is 2.80. The lowest BCUT2D eigenvalue weighted by Crippen LogP contribution is -2.13. The van der Waals surface area contributed by atoms with Crippen molar-refractivity contribution in [3.63, 3.8) is 0 Å². The second kappa shape index (κ2) is 7.05. The minimum atomic E-state index is -0.487. The smallest absolute Gasteiger partial charge is 0.340 e. The first-order chi connectivity index (χ1) is 10.2. The van der Waals surface area contributed by atoms with Crippen LogP contribution in [0.2, 0.25) is 0 Å². The molecule has 2 rings (SSSR count). The summed E-state index contributed by atoms with van der Waals surface area (Å²) in [5, 5.41) is 2.58. The molecule has 4 nitrogen and oxygen atoms in total. The maximum absolute atomic E-state index is 12.1. The molecule has 0 radical (unpaired) electrons. The zero-order chi connectivity index (χ0) is 15.1. The Morgan fingerprint density at radius 3 is 2.43 bits per heavy atom. The van der Waals surface area contributed by atoms with Crippen molar-refractivity contribution < 1.29 is 14.3 Å². The fourth-order valence-electron chi connectivity index (χ4n) is 1.75. The highest BCUT2D eigenvalue weighted by Gasteiger charge is 2.13. The van der Waals surface area contributed by atoms with Crippen LogP contribution in [0, 0.1) is 0 Å². The monoisotopic (exact) mass is 281 g/mol. The van der Waals surface area contributed by atoms with Gasteiger partial charge in [-0.1, -0.05) is 49.0 Å². The zero-order valence-electron chi connectivity index (χ0n) is 11.4. The molecule has 0 unspecified atom stereocenters. The zero-order valence-corrected chi connectivity index (χ0v) is 11.4. The molecule has 0 aliphatic rings. The summed E-state index contributed by atoms with van der Waals surface area (Å²) in [6.45, 7) is 3.56. The van der Waals surface area contributed by atoms with E-state index >= 15 is 0 Å². The normalized spacial score (nSPS) is 9.71. The van der Waals surface area contributed by atoms with Crippen LogP contribution in [0.1, 0.15) is 15.9 Å². The molecule has 0 bridgehead atoms. The lowest BCUT2D eigenvalue weighted by atomic mass is 10.1. The Morgan fingerprint density at radius 2 is 1.71 bits per heavy atom. The van der Waals surface area contributed by atoms with Crippen LogP contribution in [0.15, 0.2) is 67.3 Å². The van der Waals surface area contributed by atoms with Gasteiger partial charge in [0.25, 0.3) is 0 Å². The lowest BCUT2D eigenvalue weighted by molar-refractivity contribution is -0.111. The van der Waals surface area contributed by atoms with E-state index in [1.165, 1.54) is 0 Å². The molecule has 0 spiro atoms. The average molecular weight is 281 g/mol. The topological polar surface area (TPSA) is 55.4 Å². The van der Waals surface area contributed by atoms with E-state index in [1.54, 1.807) is 24.3 Å². The van der Waals surface area contributed by atoms with Crippen molar-refractivity contribution in [2.75, 3.05) is 5.32 Å². The Labute approximate surface area is 123 Å². The molecule has 4 heteroatoms. The molecule has 0 saturated carbocycles. The minimum Gasteiger partial charge on any atom is -0.457 e. The molecule has 1 N–H and O–H groups in total. The highest BCUT2D eigenvalue weighted by Crippen LogP contribution is 2.17. The van der Waals surface area contributed by atoms with Crippen molar-refractivity contribution in [1.82, 2.24) is 0 Å².